The van der Waals surface area contributed by atoms with Crippen LogP contribution < -0.4 is 10.6 Å². The zero-order chi connectivity index (χ0) is 23.0. The SMILES string of the molecule is CNC(=O)c1ccc(C[C@@H](CNC(=O)C[C@@H](c2ccccc2)C(C)C)N(C)C)cc1F. The minimum atomic E-state index is -0.541. The van der Waals surface area contributed by atoms with Crippen LogP contribution in [0.3, 0.4) is 0 Å². The van der Waals surface area contributed by atoms with Crippen molar-refractivity contribution < 1.29 is 14.0 Å². The van der Waals surface area contributed by atoms with Gasteiger partial charge in [-0.1, -0.05) is 50.2 Å². The van der Waals surface area contributed by atoms with Gasteiger partial charge in [-0.05, 0) is 55.6 Å². The molecule has 0 spiro atoms. The molecule has 2 amide bonds. The van der Waals surface area contributed by atoms with Crippen LogP contribution in [0.5, 0.6) is 0 Å². The minimum absolute atomic E-state index is 0.00317. The van der Waals surface area contributed by atoms with Gasteiger partial charge in [-0.15, -0.1) is 0 Å². The van der Waals surface area contributed by atoms with Crippen LogP contribution in [0.1, 0.15) is 47.7 Å². The lowest BCUT2D eigenvalue weighted by Gasteiger charge is -2.26. The molecule has 5 nitrogen and oxygen atoms in total. The molecule has 0 fully saturated rings. The topological polar surface area (TPSA) is 61.4 Å². The van der Waals surface area contributed by atoms with Crippen LogP contribution >= 0.6 is 0 Å². The molecule has 0 aromatic heterocycles. The van der Waals surface area contributed by atoms with Gasteiger partial charge in [-0.25, -0.2) is 4.39 Å². The molecule has 0 heterocycles. The van der Waals surface area contributed by atoms with Gasteiger partial charge < -0.3 is 15.5 Å². The van der Waals surface area contributed by atoms with Gasteiger partial charge in [-0.2, -0.15) is 0 Å². The number of likely N-dealkylation sites (N-methyl/N-ethyl adjacent to an activating group) is 1. The molecule has 2 N–H and O–H groups in total. The molecule has 31 heavy (non-hydrogen) atoms. The molecule has 0 bridgehead atoms. The highest BCUT2D eigenvalue weighted by atomic mass is 19.1. The molecule has 0 saturated heterocycles. The first-order chi connectivity index (χ1) is 14.7. The van der Waals surface area contributed by atoms with E-state index in [-0.39, 0.29) is 23.4 Å². The summed E-state index contributed by atoms with van der Waals surface area (Å²) in [6.07, 6.45) is 0.988. The summed E-state index contributed by atoms with van der Waals surface area (Å²) >= 11 is 0. The maximum Gasteiger partial charge on any atom is 0.253 e. The van der Waals surface area contributed by atoms with Crippen molar-refractivity contribution in [2.24, 2.45) is 5.92 Å². The van der Waals surface area contributed by atoms with Gasteiger partial charge in [0.15, 0.2) is 0 Å². The highest BCUT2D eigenvalue weighted by molar-refractivity contribution is 5.94. The number of nitrogens with zero attached hydrogens (tertiary/aromatic N) is 1. The average molecular weight is 428 g/mol. The van der Waals surface area contributed by atoms with Crippen LogP contribution in [-0.2, 0) is 11.2 Å². The molecule has 0 aliphatic rings. The van der Waals surface area contributed by atoms with E-state index in [4.69, 9.17) is 0 Å². The van der Waals surface area contributed by atoms with E-state index < -0.39 is 11.7 Å². The summed E-state index contributed by atoms with van der Waals surface area (Å²) in [5.74, 6) is -0.472. The Morgan fingerprint density at radius 2 is 1.74 bits per heavy atom. The second kappa shape index (κ2) is 11.6. The third-order valence-electron chi connectivity index (χ3n) is 5.68. The van der Waals surface area contributed by atoms with E-state index in [0.717, 1.165) is 5.56 Å². The normalized spacial score (nSPS) is 13.2. The Kier molecular flexibility index (Phi) is 9.19. The van der Waals surface area contributed by atoms with E-state index >= 15 is 0 Å². The predicted octanol–water partition coefficient (Wildman–Crippen LogP) is 3.60. The highest BCUT2D eigenvalue weighted by Gasteiger charge is 2.21. The van der Waals surface area contributed by atoms with Crippen molar-refractivity contribution in [1.82, 2.24) is 15.5 Å². The summed E-state index contributed by atoms with van der Waals surface area (Å²) in [5.41, 5.74) is 1.98. The van der Waals surface area contributed by atoms with Crippen molar-refractivity contribution in [3.05, 3.63) is 71.0 Å². The summed E-state index contributed by atoms with van der Waals surface area (Å²) in [5, 5.41) is 5.49. The summed E-state index contributed by atoms with van der Waals surface area (Å²) < 4.78 is 14.3. The molecule has 0 aliphatic heterocycles. The summed E-state index contributed by atoms with van der Waals surface area (Å²) in [7, 11) is 5.35. The fourth-order valence-corrected chi connectivity index (χ4v) is 3.66. The smallest absolute Gasteiger partial charge is 0.253 e. The Bertz CT molecular complexity index is 868. The number of hydrogen-bond donors (Lipinski definition) is 2. The van der Waals surface area contributed by atoms with Gasteiger partial charge in [0.25, 0.3) is 5.91 Å². The summed E-state index contributed by atoms with van der Waals surface area (Å²) in [6.45, 7) is 4.72. The van der Waals surface area contributed by atoms with Crippen molar-refractivity contribution in [2.45, 2.75) is 38.6 Å². The molecule has 0 saturated carbocycles. The molecular formula is C25H34FN3O2. The first kappa shape index (κ1) is 24.5. The molecule has 0 radical (unpaired) electrons. The fraction of sp³-hybridized carbons (Fsp3) is 0.440. The Balaban J connectivity index is 1.99. The van der Waals surface area contributed by atoms with Crippen LogP contribution in [0.4, 0.5) is 4.39 Å². The Morgan fingerprint density at radius 1 is 1.06 bits per heavy atom. The first-order valence-corrected chi connectivity index (χ1v) is 10.7. The number of halogens is 1. The highest BCUT2D eigenvalue weighted by Crippen LogP contribution is 2.27. The Labute approximate surface area is 185 Å². The second-order valence-corrected chi connectivity index (χ2v) is 8.48. The number of amides is 2. The number of rotatable bonds is 10. The zero-order valence-electron chi connectivity index (χ0n) is 19.1. The fourth-order valence-electron chi connectivity index (χ4n) is 3.66. The minimum Gasteiger partial charge on any atom is -0.355 e. The lowest BCUT2D eigenvalue weighted by atomic mass is 9.85. The second-order valence-electron chi connectivity index (χ2n) is 8.48. The van der Waals surface area contributed by atoms with Gasteiger partial charge >= 0.3 is 0 Å². The first-order valence-electron chi connectivity index (χ1n) is 10.7. The van der Waals surface area contributed by atoms with Gasteiger partial charge in [0.1, 0.15) is 5.82 Å². The maximum atomic E-state index is 14.3. The Hall–Kier alpha value is -2.73. The van der Waals surface area contributed by atoms with Gasteiger partial charge in [0, 0.05) is 26.1 Å². The van der Waals surface area contributed by atoms with E-state index in [1.807, 2.05) is 37.2 Å². The van der Waals surface area contributed by atoms with Crippen LogP contribution in [0.2, 0.25) is 0 Å². The van der Waals surface area contributed by atoms with Gasteiger partial charge in [-0.3, -0.25) is 9.59 Å². The number of carbonyl (C=O) groups excluding carboxylic acids is 2. The van der Waals surface area contributed by atoms with Crippen molar-refractivity contribution in [1.29, 1.82) is 0 Å². The maximum absolute atomic E-state index is 14.3. The largest absolute Gasteiger partial charge is 0.355 e. The predicted molar refractivity (Wildman–Crippen MR) is 123 cm³/mol. The number of hydrogen-bond acceptors (Lipinski definition) is 3. The van der Waals surface area contributed by atoms with Crippen LogP contribution in [0.15, 0.2) is 48.5 Å². The molecule has 0 aliphatic carbocycles. The third kappa shape index (κ3) is 7.17. The number of carbonyl (C=O) groups is 2. The monoisotopic (exact) mass is 427 g/mol. The van der Waals surface area contributed by atoms with Crippen LogP contribution in [0, 0.1) is 11.7 Å². The van der Waals surface area contributed by atoms with E-state index in [1.54, 1.807) is 6.07 Å². The molecule has 2 atom stereocenters. The van der Waals surface area contributed by atoms with Crippen LogP contribution in [-0.4, -0.2) is 50.4 Å². The van der Waals surface area contributed by atoms with E-state index in [9.17, 15) is 14.0 Å². The van der Waals surface area contributed by atoms with Crippen LogP contribution in [0.25, 0.3) is 0 Å². The number of benzene rings is 2. The lowest BCUT2D eigenvalue weighted by molar-refractivity contribution is -0.121. The zero-order valence-corrected chi connectivity index (χ0v) is 19.1. The molecule has 2 aromatic carbocycles. The van der Waals surface area contributed by atoms with Crippen molar-refractivity contribution in [2.75, 3.05) is 27.7 Å². The lowest BCUT2D eigenvalue weighted by Crippen LogP contribution is -2.42. The van der Waals surface area contributed by atoms with Gasteiger partial charge in [0.2, 0.25) is 5.91 Å². The average Bonchev–Trinajstić information content (AvgIpc) is 2.74. The van der Waals surface area contributed by atoms with E-state index in [0.29, 0.717) is 25.3 Å². The van der Waals surface area contributed by atoms with Crippen molar-refractivity contribution in [3.63, 3.8) is 0 Å². The molecule has 168 valence electrons. The number of nitrogens with one attached hydrogen (secondary N) is 2. The van der Waals surface area contributed by atoms with Crippen molar-refractivity contribution >= 4 is 11.8 Å². The quantitative estimate of drug-likeness (QED) is 0.609. The molecule has 0 unspecified atom stereocenters. The molecule has 6 heteroatoms. The Morgan fingerprint density at radius 3 is 2.29 bits per heavy atom. The third-order valence-corrected chi connectivity index (χ3v) is 5.68. The van der Waals surface area contributed by atoms with Crippen molar-refractivity contribution in [3.8, 4) is 0 Å². The molecule has 2 aromatic rings. The summed E-state index contributed by atoms with van der Waals surface area (Å²) in [6, 6.07) is 14.8. The van der Waals surface area contributed by atoms with E-state index in [1.165, 1.54) is 24.7 Å². The molecule has 2 rings (SSSR count). The molecular weight excluding hydrogens is 393 g/mol. The van der Waals surface area contributed by atoms with E-state index in [2.05, 4.69) is 36.6 Å². The van der Waals surface area contributed by atoms with Gasteiger partial charge in [0.05, 0.1) is 5.56 Å². The summed E-state index contributed by atoms with van der Waals surface area (Å²) in [4.78, 5) is 26.4. The standard InChI is InChI=1S/C25H34FN3O2/c1-17(2)22(19-9-7-6-8-10-19)15-24(30)28-16-20(29(4)5)13-18-11-12-21(23(26)14-18)25(31)27-3/h6-12,14,17,20,22H,13,15-16H2,1-5H3,(H,27,31)(H,28,30)/t20-,22+/m0/s1.